The van der Waals surface area contributed by atoms with Crippen LogP contribution in [0.2, 0.25) is 0 Å². The van der Waals surface area contributed by atoms with Gasteiger partial charge in [-0.3, -0.25) is 0 Å². The van der Waals surface area contributed by atoms with Gasteiger partial charge >= 0.3 is 0 Å². The van der Waals surface area contributed by atoms with Gasteiger partial charge in [0.2, 0.25) is 0 Å². The third-order valence-electron chi connectivity index (χ3n) is 1.52. The molecule has 0 aromatic carbocycles. The van der Waals surface area contributed by atoms with Gasteiger partial charge in [0.1, 0.15) is 11.9 Å². The molecular formula is C8H14O3. The predicted octanol–water partition coefficient (Wildman–Crippen LogP) is 0.771. The van der Waals surface area contributed by atoms with Crippen molar-refractivity contribution in [2.45, 2.75) is 25.9 Å². The average molecular weight is 158 g/mol. The van der Waals surface area contributed by atoms with Gasteiger partial charge in [0, 0.05) is 13.0 Å². The van der Waals surface area contributed by atoms with Gasteiger partial charge in [-0.2, -0.15) is 0 Å². The van der Waals surface area contributed by atoms with Crippen LogP contribution in [0.15, 0.2) is 0 Å². The van der Waals surface area contributed by atoms with Crippen LogP contribution >= 0.6 is 0 Å². The van der Waals surface area contributed by atoms with Crippen LogP contribution in [-0.4, -0.2) is 31.7 Å². The Kier molecular flexibility index (Phi) is 3.52. The SMILES string of the molecule is CC(=O)CCCOCC1CO1. The molecule has 0 spiro atoms. The van der Waals surface area contributed by atoms with Crippen LogP contribution in [0, 0.1) is 0 Å². The fourth-order valence-corrected chi connectivity index (χ4v) is 0.802. The molecule has 0 aromatic heterocycles. The molecule has 11 heavy (non-hydrogen) atoms. The number of ether oxygens (including phenoxy) is 2. The molecule has 1 fully saturated rings. The minimum Gasteiger partial charge on any atom is -0.379 e. The standard InChI is InChI=1S/C8H14O3/c1-7(9)3-2-4-10-5-8-6-11-8/h8H,2-6H2,1H3. The normalized spacial score (nSPS) is 21.7. The molecule has 0 aromatic rings. The molecule has 1 heterocycles. The lowest BCUT2D eigenvalue weighted by Gasteiger charge is -1.99. The Morgan fingerprint density at radius 2 is 2.45 bits per heavy atom. The third-order valence-corrected chi connectivity index (χ3v) is 1.52. The third kappa shape index (κ3) is 4.93. The van der Waals surface area contributed by atoms with Crippen LogP contribution in [-0.2, 0) is 14.3 Å². The van der Waals surface area contributed by atoms with E-state index in [1.54, 1.807) is 6.92 Å². The Balaban J connectivity index is 1.76. The van der Waals surface area contributed by atoms with E-state index in [-0.39, 0.29) is 5.78 Å². The molecule has 3 nitrogen and oxygen atoms in total. The van der Waals surface area contributed by atoms with Crippen molar-refractivity contribution in [3.8, 4) is 0 Å². The summed E-state index contributed by atoms with van der Waals surface area (Å²) < 4.78 is 10.2. The molecule has 1 aliphatic rings. The van der Waals surface area contributed by atoms with Gasteiger partial charge in [0.15, 0.2) is 0 Å². The van der Waals surface area contributed by atoms with Crippen molar-refractivity contribution in [1.29, 1.82) is 0 Å². The molecule has 64 valence electrons. The van der Waals surface area contributed by atoms with Gasteiger partial charge in [-0.1, -0.05) is 0 Å². The van der Waals surface area contributed by atoms with E-state index in [1.165, 1.54) is 0 Å². The van der Waals surface area contributed by atoms with E-state index >= 15 is 0 Å². The summed E-state index contributed by atoms with van der Waals surface area (Å²) in [6, 6.07) is 0. The van der Waals surface area contributed by atoms with E-state index in [0.717, 1.165) is 13.0 Å². The molecule has 1 rings (SSSR count). The number of epoxide rings is 1. The van der Waals surface area contributed by atoms with Crippen LogP contribution in [0.4, 0.5) is 0 Å². The monoisotopic (exact) mass is 158 g/mol. The van der Waals surface area contributed by atoms with Gasteiger partial charge in [0.25, 0.3) is 0 Å². The molecule has 3 heteroatoms. The summed E-state index contributed by atoms with van der Waals surface area (Å²) in [4.78, 5) is 10.5. The first-order valence-corrected chi connectivity index (χ1v) is 3.98. The molecule has 1 saturated heterocycles. The molecule has 1 aliphatic heterocycles. The van der Waals surface area contributed by atoms with E-state index < -0.39 is 0 Å². The quantitative estimate of drug-likeness (QED) is 0.423. The van der Waals surface area contributed by atoms with Crippen LogP contribution in [0.5, 0.6) is 0 Å². The van der Waals surface area contributed by atoms with Crippen LogP contribution < -0.4 is 0 Å². The average Bonchev–Trinajstić information content (AvgIpc) is 2.70. The number of hydrogen-bond acceptors (Lipinski definition) is 3. The van der Waals surface area contributed by atoms with Crippen molar-refractivity contribution in [2.75, 3.05) is 19.8 Å². The highest BCUT2D eigenvalue weighted by molar-refractivity contribution is 5.75. The zero-order valence-corrected chi connectivity index (χ0v) is 6.84. The molecule has 1 atom stereocenters. The highest BCUT2D eigenvalue weighted by Gasteiger charge is 2.21. The van der Waals surface area contributed by atoms with Crippen LogP contribution in [0.1, 0.15) is 19.8 Å². The van der Waals surface area contributed by atoms with Crippen molar-refractivity contribution >= 4 is 5.78 Å². The first kappa shape index (κ1) is 8.68. The lowest BCUT2D eigenvalue weighted by atomic mass is 10.2. The maximum absolute atomic E-state index is 10.5. The fraction of sp³-hybridized carbons (Fsp3) is 0.875. The smallest absolute Gasteiger partial charge is 0.129 e. The Hall–Kier alpha value is -0.410. The number of carbonyl (C=O) groups is 1. The maximum atomic E-state index is 10.5. The van der Waals surface area contributed by atoms with Crippen molar-refractivity contribution in [2.24, 2.45) is 0 Å². The molecule has 0 aliphatic carbocycles. The Morgan fingerprint density at radius 1 is 1.73 bits per heavy atom. The second-order valence-corrected chi connectivity index (χ2v) is 2.84. The number of rotatable bonds is 6. The first-order chi connectivity index (χ1) is 5.29. The summed E-state index contributed by atoms with van der Waals surface area (Å²) in [6.45, 7) is 3.81. The molecule has 0 saturated carbocycles. The molecule has 0 radical (unpaired) electrons. The Morgan fingerprint density at radius 3 is 3.00 bits per heavy atom. The highest BCUT2D eigenvalue weighted by Crippen LogP contribution is 2.08. The lowest BCUT2D eigenvalue weighted by Crippen LogP contribution is -2.03. The zero-order chi connectivity index (χ0) is 8.10. The highest BCUT2D eigenvalue weighted by atomic mass is 16.6. The fourth-order valence-electron chi connectivity index (χ4n) is 0.802. The van der Waals surface area contributed by atoms with E-state index in [4.69, 9.17) is 9.47 Å². The van der Waals surface area contributed by atoms with Crippen molar-refractivity contribution in [3.05, 3.63) is 0 Å². The Labute approximate surface area is 66.7 Å². The number of carbonyl (C=O) groups excluding carboxylic acids is 1. The minimum absolute atomic E-state index is 0.233. The number of Topliss-reactive ketones (excluding diaryl/α,β-unsaturated/α-hetero) is 1. The number of ketones is 1. The number of hydrogen-bond donors (Lipinski definition) is 0. The Bertz CT molecular complexity index is 129. The summed E-state index contributed by atoms with van der Waals surface area (Å²) in [6.07, 6.45) is 1.81. The van der Waals surface area contributed by atoms with Gasteiger partial charge in [-0.25, -0.2) is 0 Å². The summed E-state index contributed by atoms with van der Waals surface area (Å²) in [5.41, 5.74) is 0. The summed E-state index contributed by atoms with van der Waals surface area (Å²) in [7, 11) is 0. The molecular weight excluding hydrogens is 144 g/mol. The van der Waals surface area contributed by atoms with Gasteiger partial charge in [0.05, 0.1) is 13.2 Å². The zero-order valence-electron chi connectivity index (χ0n) is 6.84. The van der Waals surface area contributed by atoms with E-state index in [2.05, 4.69) is 0 Å². The summed E-state index contributed by atoms with van der Waals surface area (Å²) in [5.74, 6) is 0.233. The summed E-state index contributed by atoms with van der Waals surface area (Å²) in [5, 5.41) is 0. The summed E-state index contributed by atoms with van der Waals surface area (Å²) >= 11 is 0. The minimum atomic E-state index is 0.233. The molecule has 1 unspecified atom stereocenters. The molecule has 0 bridgehead atoms. The predicted molar refractivity (Wildman–Crippen MR) is 40.5 cm³/mol. The van der Waals surface area contributed by atoms with Crippen LogP contribution in [0.25, 0.3) is 0 Å². The second kappa shape index (κ2) is 4.46. The van der Waals surface area contributed by atoms with Crippen molar-refractivity contribution in [1.82, 2.24) is 0 Å². The van der Waals surface area contributed by atoms with Crippen molar-refractivity contribution < 1.29 is 14.3 Å². The van der Waals surface area contributed by atoms with Gasteiger partial charge in [-0.15, -0.1) is 0 Å². The topological polar surface area (TPSA) is 38.8 Å². The van der Waals surface area contributed by atoms with E-state index in [1.807, 2.05) is 0 Å². The second-order valence-electron chi connectivity index (χ2n) is 2.84. The first-order valence-electron chi connectivity index (χ1n) is 3.98. The van der Waals surface area contributed by atoms with Crippen LogP contribution in [0.3, 0.4) is 0 Å². The largest absolute Gasteiger partial charge is 0.379 e. The lowest BCUT2D eigenvalue weighted by molar-refractivity contribution is -0.117. The van der Waals surface area contributed by atoms with Gasteiger partial charge in [-0.05, 0) is 13.3 Å². The van der Waals surface area contributed by atoms with E-state index in [9.17, 15) is 4.79 Å². The van der Waals surface area contributed by atoms with Gasteiger partial charge < -0.3 is 14.3 Å². The van der Waals surface area contributed by atoms with Crippen molar-refractivity contribution in [3.63, 3.8) is 0 Å². The molecule has 0 amide bonds. The van der Waals surface area contributed by atoms with E-state index in [0.29, 0.717) is 25.7 Å². The molecule has 0 N–H and O–H groups in total. The maximum Gasteiger partial charge on any atom is 0.129 e.